The number of ether oxygens (including phenoxy) is 1. The van der Waals surface area contributed by atoms with Crippen molar-refractivity contribution in [3.8, 4) is 5.75 Å². The lowest BCUT2D eigenvalue weighted by Crippen LogP contribution is -2.35. The number of fused-ring (bicyclic) bond motifs is 1. The smallest absolute Gasteiger partial charge is 0.122 e. The van der Waals surface area contributed by atoms with E-state index in [1.807, 2.05) is 0 Å². The van der Waals surface area contributed by atoms with Crippen LogP contribution in [0.1, 0.15) is 31.4 Å². The fourth-order valence-electron chi connectivity index (χ4n) is 2.54. The van der Waals surface area contributed by atoms with Gasteiger partial charge in [0.25, 0.3) is 0 Å². The monoisotopic (exact) mass is 276 g/mol. The second-order valence-corrected chi connectivity index (χ2v) is 5.78. The number of hydrogen-bond acceptors (Lipinski definition) is 3. The van der Waals surface area contributed by atoms with Crippen molar-refractivity contribution in [2.45, 2.75) is 39.2 Å². The maximum Gasteiger partial charge on any atom is 0.122 e. The maximum absolute atomic E-state index is 5.53. The zero-order valence-electron chi connectivity index (χ0n) is 13.1. The number of nitrogens with one attached hydrogen (secondary N) is 1. The Labute approximate surface area is 123 Å². The standard InChI is InChI=1S/C17H28N2O/c1-4-14(2)19(3)11-10-18-9-7-15-5-6-17-16(13-15)8-12-20-17/h5-6,13-14,18H,4,7-12H2,1-3H3. The molecule has 1 unspecified atom stereocenters. The minimum atomic E-state index is 0.675. The second-order valence-electron chi connectivity index (χ2n) is 5.78. The number of hydrogen-bond donors (Lipinski definition) is 1. The third-order valence-corrected chi connectivity index (χ3v) is 4.33. The van der Waals surface area contributed by atoms with Gasteiger partial charge in [0.2, 0.25) is 0 Å². The summed E-state index contributed by atoms with van der Waals surface area (Å²) in [4.78, 5) is 2.42. The Bertz CT molecular complexity index is 419. The Kier molecular flexibility index (Phi) is 5.86. The molecule has 0 spiro atoms. The summed E-state index contributed by atoms with van der Waals surface area (Å²) in [5, 5.41) is 3.54. The number of likely N-dealkylation sites (N-methyl/N-ethyl adjacent to an activating group) is 1. The van der Waals surface area contributed by atoms with E-state index in [2.05, 4.69) is 49.3 Å². The molecule has 0 saturated heterocycles. The molecule has 3 nitrogen and oxygen atoms in total. The molecule has 20 heavy (non-hydrogen) atoms. The van der Waals surface area contributed by atoms with Crippen LogP contribution in [0.2, 0.25) is 0 Å². The largest absolute Gasteiger partial charge is 0.493 e. The molecule has 0 aromatic heterocycles. The van der Waals surface area contributed by atoms with E-state index < -0.39 is 0 Å². The van der Waals surface area contributed by atoms with Gasteiger partial charge in [0, 0.05) is 25.6 Å². The lowest BCUT2D eigenvalue weighted by Gasteiger charge is -2.23. The highest BCUT2D eigenvalue weighted by molar-refractivity contribution is 5.39. The maximum atomic E-state index is 5.53. The first-order valence-corrected chi connectivity index (χ1v) is 7.86. The first kappa shape index (κ1) is 15.3. The van der Waals surface area contributed by atoms with Gasteiger partial charge in [-0.05, 0) is 50.6 Å². The Morgan fingerprint density at radius 3 is 3.00 bits per heavy atom. The minimum Gasteiger partial charge on any atom is -0.493 e. The minimum absolute atomic E-state index is 0.675. The van der Waals surface area contributed by atoms with E-state index in [4.69, 9.17) is 4.74 Å². The molecule has 1 aliphatic rings. The third kappa shape index (κ3) is 4.22. The van der Waals surface area contributed by atoms with E-state index in [9.17, 15) is 0 Å². The van der Waals surface area contributed by atoms with Crippen molar-refractivity contribution >= 4 is 0 Å². The molecular formula is C17H28N2O. The van der Waals surface area contributed by atoms with Gasteiger partial charge in [-0.3, -0.25) is 0 Å². The van der Waals surface area contributed by atoms with Crippen molar-refractivity contribution < 1.29 is 4.74 Å². The molecule has 0 aliphatic carbocycles. The molecular weight excluding hydrogens is 248 g/mol. The lowest BCUT2D eigenvalue weighted by molar-refractivity contribution is 0.252. The van der Waals surface area contributed by atoms with Gasteiger partial charge in [0.15, 0.2) is 0 Å². The summed E-state index contributed by atoms with van der Waals surface area (Å²) < 4.78 is 5.53. The van der Waals surface area contributed by atoms with Gasteiger partial charge in [-0.25, -0.2) is 0 Å². The van der Waals surface area contributed by atoms with Crippen molar-refractivity contribution in [1.29, 1.82) is 0 Å². The summed E-state index contributed by atoms with van der Waals surface area (Å²) in [5.41, 5.74) is 2.79. The van der Waals surface area contributed by atoms with Crippen LogP contribution in [0.5, 0.6) is 5.75 Å². The van der Waals surface area contributed by atoms with Crippen LogP contribution in [-0.4, -0.2) is 44.2 Å². The van der Waals surface area contributed by atoms with Gasteiger partial charge in [-0.15, -0.1) is 0 Å². The Balaban J connectivity index is 1.64. The fourth-order valence-corrected chi connectivity index (χ4v) is 2.54. The lowest BCUT2D eigenvalue weighted by atomic mass is 10.1. The van der Waals surface area contributed by atoms with Gasteiger partial charge in [-0.1, -0.05) is 19.1 Å². The number of benzene rings is 1. The van der Waals surface area contributed by atoms with E-state index in [1.165, 1.54) is 17.5 Å². The second kappa shape index (κ2) is 7.65. The normalized spacial score (nSPS) is 15.2. The van der Waals surface area contributed by atoms with Crippen LogP contribution in [0, 0.1) is 0 Å². The fraction of sp³-hybridized carbons (Fsp3) is 0.647. The zero-order chi connectivity index (χ0) is 14.4. The van der Waals surface area contributed by atoms with Crippen LogP contribution < -0.4 is 10.1 Å². The van der Waals surface area contributed by atoms with Crippen LogP contribution >= 0.6 is 0 Å². The van der Waals surface area contributed by atoms with Crippen molar-refractivity contribution in [2.75, 3.05) is 33.3 Å². The third-order valence-electron chi connectivity index (χ3n) is 4.33. The molecule has 0 saturated carbocycles. The molecule has 1 heterocycles. The van der Waals surface area contributed by atoms with E-state index in [0.717, 1.165) is 44.8 Å². The van der Waals surface area contributed by atoms with E-state index in [0.29, 0.717) is 6.04 Å². The molecule has 1 N–H and O–H groups in total. The quantitative estimate of drug-likeness (QED) is 0.738. The topological polar surface area (TPSA) is 24.5 Å². The van der Waals surface area contributed by atoms with Gasteiger partial charge >= 0.3 is 0 Å². The van der Waals surface area contributed by atoms with Crippen LogP contribution in [-0.2, 0) is 12.8 Å². The molecule has 0 fully saturated rings. The molecule has 1 aliphatic heterocycles. The van der Waals surface area contributed by atoms with Crippen molar-refractivity contribution in [3.63, 3.8) is 0 Å². The molecule has 3 heteroatoms. The van der Waals surface area contributed by atoms with E-state index >= 15 is 0 Å². The molecule has 1 atom stereocenters. The van der Waals surface area contributed by atoms with Crippen molar-refractivity contribution in [1.82, 2.24) is 10.2 Å². The summed E-state index contributed by atoms with van der Waals surface area (Å²) in [7, 11) is 2.20. The van der Waals surface area contributed by atoms with Gasteiger partial charge in [0.1, 0.15) is 5.75 Å². The molecule has 112 valence electrons. The van der Waals surface area contributed by atoms with Gasteiger partial charge in [-0.2, -0.15) is 0 Å². The SMILES string of the molecule is CCC(C)N(C)CCNCCc1ccc2c(c1)CCO2. The predicted octanol–water partition coefficient (Wildman–Crippen LogP) is 2.48. The summed E-state index contributed by atoms with van der Waals surface area (Å²) in [6.07, 6.45) is 3.38. The molecule has 2 rings (SSSR count). The van der Waals surface area contributed by atoms with Crippen LogP contribution in [0.3, 0.4) is 0 Å². The van der Waals surface area contributed by atoms with Crippen molar-refractivity contribution in [2.24, 2.45) is 0 Å². The molecule has 0 bridgehead atoms. The van der Waals surface area contributed by atoms with Crippen LogP contribution in [0.4, 0.5) is 0 Å². The molecule has 0 radical (unpaired) electrons. The Hall–Kier alpha value is -1.06. The summed E-state index contributed by atoms with van der Waals surface area (Å²) in [6.45, 7) is 8.60. The highest BCUT2D eigenvalue weighted by Crippen LogP contribution is 2.25. The highest BCUT2D eigenvalue weighted by atomic mass is 16.5. The molecule has 0 amide bonds. The van der Waals surface area contributed by atoms with Crippen LogP contribution in [0.25, 0.3) is 0 Å². The van der Waals surface area contributed by atoms with E-state index in [-0.39, 0.29) is 0 Å². The predicted molar refractivity (Wildman–Crippen MR) is 84.6 cm³/mol. The summed E-state index contributed by atoms with van der Waals surface area (Å²) >= 11 is 0. The van der Waals surface area contributed by atoms with E-state index in [1.54, 1.807) is 0 Å². The Morgan fingerprint density at radius 1 is 1.35 bits per heavy atom. The zero-order valence-corrected chi connectivity index (χ0v) is 13.1. The first-order valence-electron chi connectivity index (χ1n) is 7.86. The number of rotatable bonds is 8. The summed E-state index contributed by atoms with van der Waals surface area (Å²) in [6, 6.07) is 7.29. The van der Waals surface area contributed by atoms with Gasteiger partial charge in [0.05, 0.1) is 6.61 Å². The van der Waals surface area contributed by atoms with Crippen molar-refractivity contribution in [3.05, 3.63) is 29.3 Å². The first-order chi connectivity index (χ1) is 9.70. The molecule has 1 aromatic rings. The summed E-state index contributed by atoms with van der Waals surface area (Å²) in [5.74, 6) is 1.08. The van der Waals surface area contributed by atoms with Crippen LogP contribution in [0.15, 0.2) is 18.2 Å². The Morgan fingerprint density at radius 2 is 2.20 bits per heavy atom. The average molecular weight is 276 g/mol. The molecule has 1 aromatic carbocycles. The number of nitrogens with zero attached hydrogens (tertiary/aromatic N) is 1. The average Bonchev–Trinajstić information content (AvgIpc) is 2.93. The van der Waals surface area contributed by atoms with Gasteiger partial charge < -0.3 is 15.0 Å². The highest BCUT2D eigenvalue weighted by Gasteiger charge is 2.11.